The van der Waals surface area contributed by atoms with E-state index < -0.39 is 11.4 Å². The molecule has 0 amide bonds. The van der Waals surface area contributed by atoms with Gasteiger partial charge in [0.15, 0.2) is 0 Å². The molecule has 0 spiro atoms. The van der Waals surface area contributed by atoms with Gasteiger partial charge in [0.2, 0.25) is 0 Å². The molecule has 72 valence electrons. The minimum atomic E-state index is -0.912. The van der Waals surface area contributed by atoms with Crippen LogP contribution < -0.4 is 0 Å². The van der Waals surface area contributed by atoms with Crippen LogP contribution in [-0.4, -0.2) is 34.5 Å². The second-order valence-electron chi connectivity index (χ2n) is 3.17. The highest BCUT2D eigenvalue weighted by atomic mass is 16.4. The zero-order chi connectivity index (χ0) is 9.61. The molecule has 0 rings (SSSR count). The Morgan fingerprint density at radius 3 is 2.17 bits per heavy atom. The van der Waals surface area contributed by atoms with Crippen LogP contribution in [0.3, 0.4) is 0 Å². The van der Waals surface area contributed by atoms with Crippen LogP contribution in [0.5, 0.6) is 0 Å². The van der Waals surface area contributed by atoms with Gasteiger partial charge in [-0.15, -0.1) is 0 Å². The summed E-state index contributed by atoms with van der Waals surface area (Å²) in [5, 5.41) is 25.9. The summed E-state index contributed by atoms with van der Waals surface area (Å²) in [6.45, 7) is 1.45. The van der Waals surface area contributed by atoms with Gasteiger partial charge in [-0.2, -0.15) is 0 Å². The molecule has 0 bridgehead atoms. The Morgan fingerprint density at radius 1 is 1.25 bits per heavy atom. The smallest absolute Gasteiger partial charge is 0.309 e. The number of carbonyl (C=O) groups is 1. The van der Waals surface area contributed by atoms with E-state index in [-0.39, 0.29) is 19.6 Å². The first-order chi connectivity index (χ1) is 5.56. The summed E-state index contributed by atoms with van der Waals surface area (Å²) < 4.78 is 0. The lowest BCUT2D eigenvalue weighted by atomic mass is 9.82. The molecular weight excluding hydrogens is 160 g/mol. The van der Waals surface area contributed by atoms with Crippen LogP contribution in [-0.2, 0) is 4.79 Å². The van der Waals surface area contributed by atoms with Crippen molar-refractivity contribution in [3.05, 3.63) is 0 Å². The van der Waals surface area contributed by atoms with Crippen LogP contribution in [0.25, 0.3) is 0 Å². The molecule has 0 saturated carbocycles. The molecule has 4 heteroatoms. The average Bonchev–Trinajstić information content (AvgIpc) is 2.01. The minimum Gasteiger partial charge on any atom is -0.481 e. The Hall–Kier alpha value is -0.610. The molecule has 0 aliphatic rings. The first-order valence-corrected chi connectivity index (χ1v) is 4.02. The Kier molecular flexibility index (Phi) is 4.85. The van der Waals surface area contributed by atoms with Gasteiger partial charge in [-0.3, -0.25) is 4.79 Å². The van der Waals surface area contributed by atoms with Gasteiger partial charge >= 0.3 is 5.97 Å². The summed E-state index contributed by atoms with van der Waals surface area (Å²) in [6.07, 6.45) is 1.10. The highest BCUT2D eigenvalue weighted by Gasteiger charge is 2.31. The summed E-state index contributed by atoms with van der Waals surface area (Å²) in [7, 11) is 0. The van der Waals surface area contributed by atoms with Crippen molar-refractivity contribution in [2.24, 2.45) is 5.41 Å². The van der Waals surface area contributed by atoms with Gasteiger partial charge in [0.05, 0.1) is 5.41 Å². The van der Waals surface area contributed by atoms with E-state index in [9.17, 15) is 4.79 Å². The number of aliphatic hydroxyl groups excluding tert-OH is 2. The van der Waals surface area contributed by atoms with E-state index in [4.69, 9.17) is 15.3 Å². The number of carboxylic acids is 1. The lowest BCUT2D eigenvalue weighted by molar-refractivity contribution is -0.149. The predicted molar refractivity (Wildman–Crippen MR) is 43.8 cm³/mol. The molecule has 0 aliphatic heterocycles. The van der Waals surface area contributed by atoms with Gasteiger partial charge in [0.25, 0.3) is 0 Å². The van der Waals surface area contributed by atoms with Crippen molar-refractivity contribution < 1.29 is 20.1 Å². The number of rotatable bonds is 6. The van der Waals surface area contributed by atoms with E-state index in [2.05, 4.69) is 0 Å². The average molecular weight is 176 g/mol. The molecule has 0 aromatic rings. The molecule has 3 N–H and O–H groups in total. The van der Waals surface area contributed by atoms with Crippen molar-refractivity contribution >= 4 is 5.97 Å². The molecule has 0 radical (unpaired) electrons. The molecule has 4 nitrogen and oxygen atoms in total. The largest absolute Gasteiger partial charge is 0.481 e. The molecule has 0 heterocycles. The Bertz CT molecular complexity index is 146. The van der Waals surface area contributed by atoms with Crippen molar-refractivity contribution in [3.8, 4) is 0 Å². The molecule has 0 aliphatic carbocycles. The summed E-state index contributed by atoms with van der Waals surface area (Å²) >= 11 is 0. The summed E-state index contributed by atoms with van der Waals surface area (Å²) in [5.74, 6) is -0.912. The van der Waals surface area contributed by atoms with E-state index in [1.807, 2.05) is 0 Å². The van der Waals surface area contributed by atoms with Crippen LogP contribution in [0.15, 0.2) is 0 Å². The zero-order valence-corrected chi connectivity index (χ0v) is 7.29. The molecule has 1 atom stereocenters. The van der Waals surface area contributed by atoms with E-state index >= 15 is 0 Å². The topological polar surface area (TPSA) is 77.8 Å². The quantitative estimate of drug-likeness (QED) is 0.541. The van der Waals surface area contributed by atoms with Gasteiger partial charge in [-0.05, 0) is 26.2 Å². The monoisotopic (exact) mass is 176 g/mol. The van der Waals surface area contributed by atoms with E-state index in [1.165, 1.54) is 0 Å². The molecule has 12 heavy (non-hydrogen) atoms. The lowest BCUT2D eigenvalue weighted by Gasteiger charge is -2.22. The number of hydrogen-bond acceptors (Lipinski definition) is 3. The number of aliphatic hydroxyl groups is 2. The Labute approximate surface area is 71.8 Å². The van der Waals surface area contributed by atoms with Crippen molar-refractivity contribution in [2.75, 3.05) is 13.2 Å². The highest BCUT2D eigenvalue weighted by Crippen LogP contribution is 2.27. The minimum absolute atomic E-state index is 0.00566. The number of carboxylic acid groups (broad SMARTS) is 1. The van der Waals surface area contributed by atoms with Gasteiger partial charge < -0.3 is 15.3 Å². The van der Waals surface area contributed by atoms with Crippen molar-refractivity contribution in [1.29, 1.82) is 0 Å². The summed E-state index contributed by atoms with van der Waals surface area (Å²) in [6, 6.07) is 0. The first kappa shape index (κ1) is 11.4. The zero-order valence-electron chi connectivity index (χ0n) is 7.29. The summed E-state index contributed by atoms with van der Waals surface area (Å²) in [5.41, 5.74) is -0.891. The van der Waals surface area contributed by atoms with Crippen LogP contribution in [0.2, 0.25) is 0 Å². The molecule has 1 unspecified atom stereocenters. The second-order valence-corrected chi connectivity index (χ2v) is 3.17. The van der Waals surface area contributed by atoms with Crippen molar-refractivity contribution in [1.82, 2.24) is 0 Å². The Balaban J connectivity index is 4.08. The fourth-order valence-corrected chi connectivity index (χ4v) is 1.05. The van der Waals surface area contributed by atoms with Crippen LogP contribution in [0.4, 0.5) is 0 Å². The molecule has 0 fully saturated rings. The molecule has 0 aromatic heterocycles. The maximum atomic E-state index is 10.7. The molecule has 0 aromatic carbocycles. The fraction of sp³-hybridized carbons (Fsp3) is 0.875. The molecule has 0 saturated heterocycles. The number of hydrogen-bond donors (Lipinski definition) is 3. The van der Waals surface area contributed by atoms with Crippen molar-refractivity contribution in [3.63, 3.8) is 0 Å². The van der Waals surface area contributed by atoms with Crippen LogP contribution in [0, 0.1) is 5.41 Å². The third-order valence-electron chi connectivity index (χ3n) is 2.07. The third-order valence-corrected chi connectivity index (χ3v) is 2.07. The standard InChI is InChI=1S/C8H16O4/c1-8(4-6-10,7(11)12)3-2-5-9/h9-10H,2-6H2,1H3,(H,11,12). The van der Waals surface area contributed by atoms with Gasteiger partial charge in [0, 0.05) is 13.2 Å². The maximum absolute atomic E-state index is 10.7. The maximum Gasteiger partial charge on any atom is 0.309 e. The third kappa shape index (κ3) is 3.19. The first-order valence-electron chi connectivity index (χ1n) is 4.02. The van der Waals surface area contributed by atoms with Crippen molar-refractivity contribution in [2.45, 2.75) is 26.2 Å². The Morgan fingerprint density at radius 2 is 1.83 bits per heavy atom. The predicted octanol–water partition coefficient (Wildman–Crippen LogP) is 0.232. The van der Waals surface area contributed by atoms with E-state index in [1.54, 1.807) is 6.92 Å². The lowest BCUT2D eigenvalue weighted by Crippen LogP contribution is -2.29. The van der Waals surface area contributed by atoms with Crippen LogP contribution >= 0.6 is 0 Å². The van der Waals surface area contributed by atoms with Gasteiger partial charge in [-0.1, -0.05) is 0 Å². The molecular formula is C8H16O4. The summed E-state index contributed by atoms with van der Waals surface area (Å²) in [4.78, 5) is 10.7. The fourth-order valence-electron chi connectivity index (χ4n) is 1.05. The van der Waals surface area contributed by atoms with E-state index in [0.717, 1.165) is 0 Å². The SMILES string of the molecule is CC(CCO)(CCCO)C(=O)O. The van der Waals surface area contributed by atoms with Crippen LogP contribution in [0.1, 0.15) is 26.2 Å². The second kappa shape index (κ2) is 5.11. The van der Waals surface area contributed by atoms with Gasteiger partial charge in [-0.25, -0.2) is 0 Å². The highest BCUT2D eigenvalue weighted by molar-refractivity contribution is 5.74. The normalized spacial score (nSPS) is 15.6. The van der Waals surface area contributed by atoms with Gasteiger partial charge in [0.1, 0.15) is 0 Å². The van der Waals surface area contributed by atoms with E-state index in [0.29, 0.717) is 12.8 Å². The number of aliphatic carboxylic acids is 1.